The Kier molecular flexibility index (Phi) is 7.07. The summed E-state index contributed by atoms with van der Waals surface area (Å²) in [6.45, 7) is 0.408. The Morgan fingerprint density at radius 3 is 2.56 bits per heavy atom. The number of amides is 2. The smallest absolute Gasteiger partial charge is 0.298 e. The van der Waals surface area contributed by atoms with E-state index in [1.807, 2.05) is 36.4 Å². The second-order valence-corrected chi connectivity index (χ2v) is 9.40. The fraction of sp³-hybridized carbons (Fsp3) is 0.0833. The summed E-state index contributed by atoms with van der Waals surface area (Å²) in [5, 5.41) is 0.0869. The maximum Gasteiger partial charge on any atom is 0.298 e. The summed E-state index contributed by atoms with van der Waals surface area (Å²) in [7, 11) is 1.57. The number of methoxy groups -OCH3 is 1. The van der Waals surface area contributed by atoms with E-state index in [-0.39, 0.29) is 11.1 Å². The van der Waals surface area contributed by atoms with Gasteiger partial charge in [0, 0.05) is 5.02 Å². The van der Waals surface area contributed by atoms with Crippen molar-refractivity contribution in [1.82, 2.24) is 0 Å². The number of rotatable bonds is 6. The summed E-state index contributed by atoms with van der Waals surface area (Å²) in [5.74, 6) is 0.787. The fourth-order valence-corrected chi connectivity index (χ4v) is 4.96. The Morgan fingerprint density at radius 1 is 1.06 bits per heavy atom. The van der Waals surface area contributed by atoms with Crippen LogP contribution in [0.15, 0.2) is 71.6 Å². The number of anilines is 1. The SMILES string of the molecule is COc1cc(/C=C2/SC(=O)N(c3cccc(Cl)c3)C2=O)cc(I)c1OCc1ccccc1. The third-order valence-electron chi connectivity index (χ3n) is 4.64. The van der Waals surface area contributed by atoms with Crippen LogP contribution in [0.4, 0.5) is 10.5 Å². The molecule has 0 N–H and O–H groups in total. The number of thioether (sulfide) groups is 1. The molecule has 1 aliphatic rings. The van der Waals surface area contributed by atoms with Gasteiger partial charge in [0.1, 0.15) is 6.61 Å². The Hall–Kier alpha value is -2.49. The van der Waals surface area contributed by atoms with Gasteiger partial charge in [-0.25, -0.2) is 4.90 Å². The van der Waals surface area contributed by atoms with Crippen LogP contribution in [0.25, 0.3) is 6.08 Å². The van der Waals surface area contributed by atoms with E-state index in [9.17, 15) is 9.59 Å². The molecule has 5 nitrogen and oxygen atoms in total. The van der Waals surface area contributed by atoms with Crippen LogP contribution < -0.4 is 14.4 Å². The maximum atomic E-state index is 12.9. The van der Waals surface area contributed by atoms with Gasteiger partial charge in [-0.2, -0.15) is 0 Å². The average Bonchev–Trinajstić information content (AvgIpc) is 3.06. The van der Waals surface area contributed by atoms with Crippen molar-refractivity contribution < 1.29 is 19.1 Å². The zero-order valence-electron chi connectivity index (χ0n) is 16.9. The van der Waals surface area contributed by atoms with Crippen LogP contribution in [-0.2, 0) is 11.4 Å². The van der Waals surface area contributed by atoms with Gasteiger partial charge in [-0.1, -0.05) is 48.0 Å². The number of carbonyl (C=O) groups excluding carboxylic acids is 2. The van der Waals surface area contributed by atoms with Crippen LogP contribution in [0.3, 0.4) is 0 Å². The van der Waals surface area contributed by atoms with E-state index in [0.29, 0.717) is 33.7 Å². The van der Waals surface area contributed by atoms with Crippen molar-refractivity contribution in [3.8, 4) is 11.5 Å². The van der Waals surface area contributed by atoms with Gasteiger partial charge in [-0.3, -0.25) is 9.59 Å². The fourth-order valence-electron chi connectivity index (χ4n) is 3.15. The van der Waals surface area contributed by atoms with E-state index >= 15 is 0 Å². The van der Waals surface area contributed by atoms with Crippen LogP contribution in [-0.4, -0.2) is 18.3 Å². The summed E-state index contributed by atoms with van der Waals surface area (Å²) in [6.07, 6.45) is 1.68. The Morgan fingerprint density at radius 2 is 1.84 bits per heavy atom. The van der Waals surface area contributed by atoms with Gasteiger partial charge in [0.25, 0.3) is 11.1 Å². The number of imide groups is 1. The van der Waals surface area contributed by atoms with Gasteiger partial charge >= 0.3 is 0 Å². The molecular weight excluding hydrogens is 561 g/mol. The lowest BCUT2D eigenvalue weighted by Gasteiger charge is -2.14. The van der Waals surface area contributed by atoms with Crippen molar-refractivity contribution in [3.05, 3.63) is 91.4 Å². The number of benzene rings is 3. The first kappa shape index (κ1) is 22.7. The minimum absolute atomic E-state index is 0.325. The molecule has 1 fully saturated rings. The quantitative estimate of drug-likeness (QED) is 0.239. The molecule has 162 valence electrons. The highest BCUT2D eigenvalue weighted by atomic mass is 127. The molecule has 0 radical (unpaired) electrons. The highest BCUT2D eigenvalue weighted by Gasteiger charge is 2.36. The Labute approximate surface area is 208 Å². The molecule has 0 atom stereocenters. The van der Waals surface area contributed by atoms with Gasteiger partial charge < -0.3 is 9.47 Å². The minimum Gasteiger partial charge on any atom is -0.493 e. The molecule has 0 spiro atoms. The first-order valence-corrected chi connectivity index (χ1v) is 11.8. The third-order valence-corrected chi connectivity index (χ3v) is 6.54. The Balaban J connectivity index is 1.59. The molecule has 3 aromatic carbocycles. The molecule has 1 heterocycles. The topological polar surface area (TPSA) is 55.8 Å². The third kappa shape index (κ3) is 4.95. The lowest BCUT2D eigenvalue weighted by molar-refractivity contribution is -0.113. The van der Waals surface area contributed by atoms with E-state index in [0.717, 1.165) is 31.4 Å². The van der Waals surface area contributed by atoms with Crippen LogP contribution >= 0.6 is 46.0 Å². The van der Waals surface area contributed by atoms with Gasteiger partial charge in [0.15, 0.2) is 11.5 Å². The predicted octanol–water partition coefficient (Wildman–Crippen LogP) is 6.77. The first-order chi connectivity index (χ1) is 15.5. The largest absolute Gasteiger partial charge is 0.493 e. The molecule has 1 saturated heterocycles. The lowest BCUT2D eigenvalue weighted by Crippen LogP contribution is -2.27. The van der Waals surface area contributed by atoms with Gasteiger partial charge in [0.05, 0.1) is 21.3 Å². The molecule has 0 aromatic heterocycles. The highest BCUT2D eigenvalue weighted by molar-refractivity contribution is 14.1. The van der Waals surface area contributed by atoms with E-state index in [2.05, 4.69) is 22.6 Å². The second kappa shape index (κ2) is 9.97. The molecule has 0 unspecified atom stereocenters. The van der Waals surface area contributed by atoms with Gasteiger partial charge in [-0.05, 0) is 81.9 Å². The molecule has 2 amide bonds. The monoisotopic (exact) mass is 577 g/mol. The van der Waals surface area contributed by atoms with Crippen molar-refractivity contribution in [1.29, 1.82) is 0 Å². The summed E-state index contributed by atoms with van der Waals surface area (Å²) < 4.78 is 12.4. The maximum absolute atomic E-state index is 12.9. The van der Waals surface area contributed by atoms with E-state index < -0.39 is 0 Å². The molecular formula is C24H17ClINO4S. The van der Waals surface area contributed by atoms with Gasteiger partial charge in [-0.15, -0.1) is 0 Å². The summed E-state index contributed by atoms with van der Waals surface area (Å²) in [5.41, 5.74) is 2.22. The number of hydrogen-bond acceptors (Lipinski definition) is 5. The molecule has 0 saturated carbocycles. The standard InChI is InChI=1S/C24H17ClINO4S/c1-30-20-11-16(10-19(26)22(20)31-14-15-6-3-2-4-7-15)12-21-23(28)27(24(29)32-21)18-9-5-8-17(25)13-18/h2-13H,14H2,1H3/b21-12+. The van der Waals surface area contributed by atoms with Crippen molar-refractivity contribution in [3.63, 3.8) is 0 Å². The van der Waals surface area contributed by atoms with Crippen molar-refractivity contribution >= 4 is 68.9 Å². The van der Waals surface area contributed by atoms with E-state index in [4.69, 9.17) is 21.1 Å². The zero-order chi connectivity index (χ0) is 22.7. The number of nitrogens with zero attached hydrogens (tertiary/aromatic N) is 1. The Bertz CT molecular complexity index is 1220. The summed E-state index contributed by atoms with van der Waals surface area (Å²) in [6, 6.07) is 20.2. The molecule has 32 heavy (non-hydrogen) atoms. The second-order valence-electron chi connectivity index (χ2n) is 6.81. The lowest BCUT2D eigenvalue weighted by atomic mass is 10.1. The number of ether oxygens (including phenoxy) is 2. The molecule has 0 aliphatic carbocycles. The van der Waals surface area contributed by atoms with Gasteiger partial charge in [0.2, 0.25) is 0 Å². The van der Waals surface area contributed by atoms with Crippen LogP contribution in [0.5, 0.6) is 11.5 Å². The summed E-state index contributed by atoms with van der Waals surface area (Å²) >= 11 is 9.08. The van der Waals surface area contributed by atoms with Crippen LogP contribution in [0.1, 0.15) is 11.1 Å². The van der Waals surface area contributed by atoms with Crippen molar-refractivity contribution in [2.24, 2.45) is 0 Å². The van der Waals surface area contributed by atoms with Crippen LogP contribution in [0.2, 0.25) is 5.02 Å². The molecule has 3 aromatic rings. The van der Waals surface area contributed by atoms with Crippen LogP contribution in [0, 0.1) is 3.57 Å². The molecule has 1 aliphatic heterocycles. The normalized spacial score (nSPS) is 14.8. The average molecular weight is 578 g/mol. The molecule has 0 bridgehead atoms. The predicted molar refractivity (Wildman–Crippen MR) is 136 cm³/mol. The molecule has 4 rings (SSSR count). The number of carbonyl (C=O) groups is 2. The minimum atomic E-state index is -0.388. The zero-order valence-corrected chi connectivity index (χ0v) is 20.6. The highest BCUT2D eigenvalue weighted by Crippen LogP contribution is 2.39. The van der Waals surface area contributed by atoms with Crippen molar-refractivity contribution in [2.45, 2.75) is 6.61 Å². The van der Waals surface area contributed by atoms with Crippen molar-refractivity contribution in [2.75, 3.05) is 12.0 Å². The summed E-state index contributed by atoms with van der Waals surface area (Å²) in [4.78, 5) is 26.9. The van der Waals surface area contributed by atoms with E-state index in [1.165, 1.54) is 0 Å². The number of hydrogen-bond donors (Lipinski definition) is 0. The number of halogens is 2. The first-order valence-electron chi connectivity index (χ1n) is 9.54. The van der Waals surface area contributed by atoms with E-state index in [1.54, 1.807) is 43.5 Å². The molecule has 8 heteroatoms.